The van der Waals surface area contributed by atoms with Gasteiger partial charge < -0.3 is 0 Å². The van der Waals surface area contributed by atoms with Gasteiger partial charge in [-0.3, -0.25) is 4.99 Å². The van der Waals surface area contributed by atoms with Crippen molar-refractivity contribution in [2.45, 2.75) is 25.2 Å². The Morgan fingerprint density at radius 2 is 2.11 bits per heavy atom. The molecule has 0 fully saturated rings. The fraction of sp³-hybridized carbons (Fsp3) is 0.833. The molecule has 1 aliphatic rings. The van der Waals surface area contributed by atoms with Gasteiger partial charge in [0.25, 0.3) is 5.92 Å². The second-order valence-corrected chi connectivity index (χ2v) is 2.25. The molecule has 1 rings (SSSR count). The topological polar surface area (TPSA) is 12.4 Å². The third-order valence-electron chi connectivity index (χ3n) is 1.33. The van der Waals surface area contributed by atoms with Crippen LogP contribution in [0.2, 0.25) is 0 Å². The highest BCUT2D eigenvalue weighted by molar-refractivity contribution is 5.66. The fourth-order valence-electron chi connectivity index (χ4n) is 0.826. The molecule has 0 unspecified atom stereocenters. The highest BCUT2D eigenvalue weighted by Gasteiger charge is 2.26. The average Bonchev–Trinajstić information content (AvgIpc) is 1.92. The van der Waals surface area contributed by atoms with Crippen LogP contribution in [0.25, 0.3) is 0 Å². The van der Waals surface area contributed by atoms with Crippen molar-refractivity contribution in [3.63, 3.8) is 0 Å². The predicted molar refractivity (Wildman–Crippen MR) is 32.2 cm³/mol. The Balaban J connectivity index is 2.52. The van der Waals surface area contributed by atoms with Crippen LogP contribution in [-0.4, -0.2) is 18.7 Å². The second-order valence-electron chi connectivity index (χ2n) is 2.25. The first-order valence-corrected chi connectivity index (χ1v) is 3.09. The van der Waals surface area contributed by atoms with E-state index in [9.17, 15) is 8.78 Å². The Morgan fingerprint density at radius 3 is 2.89 bits per heavy atom. The maximum Gasteiger partial charge on any atom is 0.282 e. The number of hydrogen-bond acceptors (Lipinski definition) is 1. The van der Waals surface area contributed by atoms with Gasteiger partial charge in [-0.05, 0) is 12.8 Å². The van der Waals surface area contributed by atoms with Crippen molar-refractivity contribution < 1.29 is 8.78 Å². The molecular weight excluding hydrogens is 124 g/mol. The van der Waals surface area contributed by atoms with Gasteiger partial charge in [0.15, 0.2) is 0 Å². The number of hydrogen-bond donors (Lipinski definition) is 0. The standard InChI is InChI=1S/C6H9F2N/c7-6(8)3-1-2-4-9-5-6/h5H,1-4H2. The molecule has 1 heterocycles. The van der Waals surface area contributed by atoms with E-state index in [0.717, 1.165) is 12.6 Å². The van der Waals surface area contributed by atoms with Crippen LogP contribution in [0.5, 0.6) is 0 Å². The maximum atomic E-state index is 12.3. The van der Waals surface area contributed by atoms with E-state index < -0.39 is 5.92 Å². The number of nitrogens with zero attached hydrogens (tertiary/aromatic N) is 1. The molecule has 0 saturated carbocycles. The van der Waals surface area contributed by atoms with Gasteiger partial charge in [-0.15, -0.1) is 0 Å². The number of halogens is 2. The lowest BCUT2D eigenvalue weighted by Gasteiger charge is -2.05. The Hall–Kier alpha value is -0.470. The van der Waals surface area contributed by atoms with Crippen molar-refractivity contribution in [1.29, 1.82) is 0 Å². The SMILES string of the molecule is FC1(F)C=NCCCC1. The van der Waals surface area contributed by atoms with Crippen molar-refractivity contribution in [1.82, 2.24) is 0 Å². The van der Waals surface area contributed by atoms with Crippen LogP contribution in [0.4, 0.5) is 8.78 Å². The molecule has 3 heteroatoms. The first kappa shape index (κ1) is 6.65. The minimum absolute atomic E-state index is 0.0312. The van der Waals surface area contributed by atoms with Gasteiger partial charge in [-0.25, -0.2) is 8.78 Å². The largest absolute Gasteiger partial charge is 0.291 e. The van der Waals surface area contributed by atoms with E-state index in [1.54, 1.807) is 0 Å². The van der Waals surface area contributed by atoms with Crippen LogP contribution in [0, 0.1) is 0 Å². The summed E-state index contributed by atoms with van der Waals surface area (Å²) in [7, 11) is 0. The normalized spacial score (nSPS) is 25.6. The lowest BCUT2D eigenvalue weighted by Crippen LogP contribution is -2.15. The first-order valence-electron chi connectivity index (χ1n) is 3.09. The van der Waals surface area contributed by atoms with Crippen molar-refractivity contribution in [3.05, 3.63) is 0 Å². The molecule has 0 aromatic rings. The highest BCUT2D eigenvalue weighted by atomic mass is 19.3. The third-order valence-corrected chi connectivity index (χ3v) is 1.33. The lowest BCUT2D eigenvalue weighted by molar-refractivity contribution is 0.0731. The van der Waals surface area contributed by atoms with E-state index in [-0.39, 0.29) is 6.42 Å². The van der Waals surface area contributed by atoms with Gasteiger partial charge in [0.1, 0.15) is 0 Å². The molecule has 0 spiro atoms. The molecule has 0 aliphatic carbocycles. The summed E-state index contributed by atoms with van der Waals surface area (Å²) in [6.07, 6.45) is 2.13. The van der Waals surface area contributed by atoms with Gasteiger partial charge in [0, 0.05) is 13.0 Å². The fourth-order valence-corrected chi connectivity index (χ4v) is 0.826. The molecule has 0 aromatic carbocycles. The summed E-state index contributed by atoms with van der Waals surface area (Å²) < 4.78 is 24.6. The van der Waals surface area contributed by atoms with Crippen LogP contribution in [0.3, 0.4) is 0 Å². The van der Waals surface area contributed by atoms with E-state index >= 15 is 0 Å². The molecule has 0 saturated heterocycles. The van der Waals surface area contributed by atoms with Crippen molar-refractivity contribution in [2.75, 3.05) is 6.54 Å². The van der Waals surface area contributed by atoms with Gasteiger partial charge >= 0.3 is 0 Å². The average molecular weight is 133 g/mol. The second kappa shape index (κ2) is 2.42. The number of aliphatic imine (C=N–C) groups is 1. The molecule has 0 N–H and O–H groups in total. The Bertz CT molecular complexity index is 120. The van der Waals surface area contributed by atoms with Crippen molar-refractivity contribution in [3.8, 4) is 0 Å². The molecule has 52 valence electrons. The third kappa shape index (κ3) is 2.08. The lowest BCUT2D eigenvalue weighted by atomic mass is 10.2. The molecule has 1 nitrogen and oxygen atoms in total. The van der Waals surface area contributed by atoms with Crippen LogP contribution in [0.15, 0.2) is 4.99 Å². The summed E-state index contributed by atoms with van der Waals surface area (Å²) in [6, 6.07) is 0. The minimum atomic E-state index is -2.63. The van der Waals surface area contributed by atoms with E-state index in [2.05, 4.69) is 4.99 Å². The van der Waals surface area contributed by atoms with Gasteiger partial charge in [0.2, 0.25) is 0 Å². The molecule has 0 amide bonds. The smallest absolute Gasteiger partial charge is 0.282 e. The van der Waals surface area contributed by atoms with Crippen LogP contribution in [-0.2, 0) is 0 Å². The Labute approximate surface area is 52.8 Å². The molecule has 0 atom stereocenters. The predicted octanol–water partition coefficient (Wildman–Crippen LogP) is 1.88. The Kier molecular flexibility index (Phi) is 1.78. The number of alkyl halides is 2. The maximum absolute atomic E-state index is 12.3. The molecule has 0 aromatic heterocycles. The summed E-state index contributed by atoms with van der Waals surface area (Å²) in [5, 5.41) is 0. The monoisotopic (exact) mass is 133 g/mol. The zero-order valence-electron chi connectivity index (χ0n) is 5.11. The quantitative estimate of drug-likeness (QED) is 0.478. The molecule has 1 aliphatic heterocycles. The van der Waals surface area contributed by atoms with Crippen molar-refractivity contribution in [2.24, 2.45) is 4.99 Å². The molecular formula is C6H9F2N. The Morgan fingerprint density at radius 1 is 1.33 bits per heavy atom. The van der Waals surface area contributed by atoms with Gasteiger partial charge in [0.05, 0.1) is 6.21 Å². The summed E-state index contributed by atoms with van der Waals surface area (Å²) >= 11 is 0. The highest BCUT2D eigenvalue weighted by Crippen LogP contribution is 2.20. The summed E-state index contributed by atoms with van der Waals surface area (Å²) in [5.41, 5.74) is 0. The van der Waals surface area contributed by atoms with Crippen molar-refractivity contribution >= 4 is 6.21 Å². The van der Waals surface area contributed by atoms with E-state index in [4.69, 9.17) is 0 Å². The zero-order chi connectivity index (χ0) is 6.74. The summed E-state index contributed by atoms with van der Waals surface area (Å²) in [5.74, 6) is -2.63. The molecule has 0 radical (unpaired) electrons. The van der Waals surface area contributed by atoms with Crippen LogP contribution in [0.1, 0.15) is 19.3 Å². The summed E-state index contributed by atoms with van der Waals surface area (Å²) in [4.78, 5) is 3.55. The summed E-state index contributed by atoms with van der Waals surface area (Å²) in [6.45, 7) is 0.565. The van der Waals surface area contributed by atoms with E-state index in [1.807, 2.05) is 0 Å². The van der Waals surface area contributed by atoms with Gasteiger partial charge in [-0.1, -0.05) is 0 Å². The van der Waals surface area contributed by atoms with Crippen LogP contribution < -0.4 is 0 Å². The number of rotatable bonds is 0. The van der Waals surface area contributed by atoms with E-state index in [0.29, 0.717) is 13.0 Å². The zero-order valence-corrected chi connectivity index (χ0v) is 5.11. The van der Waals surface area contributed by atoms with Crippen LogP contribution >= 0.6 is 0 Å². The first-order chi connectivity index (χ1) is 4.21. The van der Waals surface area contributed by atoms with E-state index in [1.165, 1.54) is 0 Å². The molecule has 0 bridgehead atoms. The van der Waals surface area contributed by atoms with Gasteiger partial charge in [-0.2, -0.15) is 0 Å². The minimum Gasteiger partial charge on any atom is -0.291 e. The molecule has 9 heavy (non-hydrogen) atoms.